The minimum absolute atomic E-state index is 0.183. The molecule has 6 nitrogen and oxygen atoms in total. The smallest absolute Gasteiger partial charge is 0.216 e. The summed E-state index contributed by atoms with van der Waals surface area (Å²) >= 11 is 5.25. The van der Waals surface area contributed by atoms with Crippen LogP contribution in [0.4, 0.5) is 4.39 Å². The van der Waals surface area contributed by atoms with Crippen LogP contribution in [0.3, 0.4) is 0 Å². The van der Waals surface area contributed by atoms with Crippen molar-refractivity contribution in [3.8, 4) is 0 Å². The third-order valence-corrected chi connectivity index (χ3v) is 5.06. The molecule has 0 unspecified atom stereocenters. The largest absolute Gasteiger partial charge is 0.313 e. The van der Waals surface area contributed by atoms with Gasteiger partial charge in [-0.1, -0.05) is 13.0 Å². The number of pyridine rings is 1. The summed E-state index contributed by atoms with van der Waals surface area (Å²) in [5.74, 6) is 0.155. The average Bonchev–Trinajstić information content (AvgIpc) is 3.22. The topological polar surface area (TPSA) is 67.5 Å². The zero-order valence-electron chi connectivity index (χ0n) is 15.9. The first-order valence-corrected chi connectivity index (χ1v) is 9.52. The molecular weight excluding hydrogens is 389 g/mol. The second-order valence-electron chi connectivity index (χ2n) is 6.53. The average molecular weight is 407 g/mol. The van der Waals surface area contributed by atoms with E-state index < -0.39 is 0 Å². The van der Waals surface area contributed by atoms with Gasteiger partial charge in [-0.15, -0.1) is 0 Å². The molecule has 4 aromatic rings. The number of aromatic amines is 1. The maximum absolute atomic E-state index is 13.3. The van der Waals surface area contributed by atoms with Crippen LogP contribution >= 0.6 is 12.2 Å². The number of carbonyl (C=O) groups is 1. The van der Waals surface area contributed by atoms with E-state index in [1.807, 2.05) is 42.6 Å². The van der Waals surface area contributed by atoms with Crippen LogP contribution in [0.2, 0.25) is 0 Å². The van der Waals surface area contributed by atoms with Crippen molar-refractivity contribution < 1.29 is 9.18 Å². The number of benzene rings is 1. The van der Waals surface area contributed by atoms with Gasteiger partial charge in [0.1, 0.15) is 5.82 Å². The summed E-state index contributed by atoms with van der Waals surface area (Å²) in [5.41, 5.74) is 3.36. The Hall–Kier alpha value is -3.39. The van der Waals surface area contributed by atoms with E-state index in [4.69, 9.17) is 12.2 Å². The number of hydrogen-bond donors (Lipinski definition) is 1. The molecule has 0 aliphatic heterocycles. The first-order chi connectivity index (χ1) is 14.0. The van der Waals surface area contributed by atoms with Crippen molar-refractivity contribution in [2.45, 2.75) is 20.3 Å². The number of rotatable bonds is 5. The third kappa shape index (κ3) is 3.31. The molecule has 0 aliphatic carbocycles. The maximum atomic E-state index is 13.3. The predicted octanol–water partition coefficient (Wildman–Crippen LogP) is 4.32. The van der Waals surface area contributed by atoms with E-state index in [1.165, 1.54) is 24.3 Å². The number of carbonyl (C=O) groups excluding carboxylic acids is 1. The standard InChI is InChI=1S/C21H18FN5OS/c1-3-18-24-25-21(29)27(18)23-12-16-13(2)19(26-11-5-4-6-17(16)26)20(28)14-7-9-15(22)10-8-14/h4-12H,3H2,1-2H3,(H,25,29)/b23-12+. The molecule has 1 N–H and O–H groups in total. The Balaban J connectivity index is 1.86. The number of ketones is 1. The van der Waals surface area contributed by atoms with Crippen LogP contribution in [0, 0.1) is 17.5 Å². The lowest BCUT2D eigenvalue weighted by Gasteiger charge is -2.04. The lowest BCUT2D eigenvalue weighted by Crippen LogP contribution is -2.07. The summed E-state index contributed by atoms with van der Waals surface area (Å²) in [6.45, 7) is 3.84. The zero-order valence-corrected chi connectivity index (χ0v) is 16.7. The van der Waals surface area contributed by atoms with Gasteiger partial charge in [0.2, 0.25) is 10.6 Å². The highest BCUT2D eigenvalue weighted by Crippen LogP contribution is 2.24. The highest BCUT2D eigenvalue weighted by atomic mass is 32.1. The van der Waals surface area contributed by atoms with E-state index in [-0.39, 0.29) is 11.6 Å². The van der Waals surface area contributed by atoms with Gasteiger partial charge in [0.05, 0.1) is 17.4 Å². The molecule has 4 rings (SSSR count). The molecule has 3 heterocycles. The van der Waals surface area contributed by atoms with E-state index in [0.717, 1.165) is 22.5 Å². The quantitative estimate of drug-likeness (QED) is 0.304. The Morgan fingerprint density at radius 3 is 2.76 bits per heavy atom. The number of H-pyrrole nitrogens is 1. The van der Waals surface area contributed by atoms with Crippen LogP contribution in [0.25, 0.3) is 5.52 Å². The Morgan fingerprint density at radius 1 is 1.28 bits per heavy atom. The summed E-state index contributed by atoms with van der Waals surface area (Å²) < 4.78 is 17.1. The van der Waals surface area contributed by atoms with Crippen LogP contribution in [-0.2, 0) is 6.42 Å². The molecule has 0 atom stereocenters. The summed E-state index contributed by atoms with van der Waals surface area (Å²) in [6, 6.07) is 11.2. The minimum atomic E-state index is -0.380. The molecule has 0 radical (unpaired) electrons. The van der Waals surface area contributed by atoms with Gasteiger partial charge in [0.25, 0.3) is 0 Å². The fraction of sp³-hybridized carbons (Fsp3) is 0.143. The zero-order chi connectivity index (χ0) is 20.5. The van der Waals surface area contributed by atoms with Gasteiger partial charge in [0, 0.05) is 23.7 Å². The van der Waals surface area contributed by atoms with Gasteiger partial charge < -0.3 is 4.40 Å². The fourth-order valence-electron chi connectivity index (χ4n) is 3.33. The Kier molecular flexibility index (Phi) is 4.94. The molecule has 8 heteroatoms. The van der Waals surface area contributed by atoms with Crippen molar-refractivity contribution >= 4 is 29.7 Å². The van der Waals surface area contributed by atoms with Crippen LogP contribution in [0.1, 0.15) is 39.9 Å². The Morgan fingerprint density at radius 2 is 2.03 bits per heavy atom. The second kappa shape index (κ2) is 7.56. The number of aryl methyl sites for hydroxylation is 1. The molecular formula is C21H18FN5OS. The monoisotopic (exact) mass is 407 g/mol. The lowest BCUT2D eigenvalue weighted by atomic mass is 10.0. The van der Waals surface area contributed by atoms with Gasteiger partial charge in [-0.3, -0.25) is 9.89 Å². The summed E-state index contributed by atoms with van der Waals surface area (Å²) in [4.78, 5) is 13.2. The van der Waals surface area contributed by atoms with Crippen molar-refractivity contribution in [2.75, 3.05) is 0 Å². The molecule has 0 saturated carbocycles. The predicted molar refractivity (Wildman–Crippen MR) is 112 cm³/mol. The summed E-state index contributed by atoms with van der Waals surface area (Å²) in [5, 5.41) is 11.4. The highest BCUT2D eigenvalue weighted by Gasteiger charge is 2.21. The van der Waals surface area contributed by atoms with Gasteiger partial charge >= 0.3 is 0 Å². The molecule has 0 spiro atoms. The normalized spacial score (nSPS) is 11.6. The van der Waals surface area contributed by atoms with Gasteiger partial charge in [0.15, 0.2) is 5.82 Å². The first kappa shape index (κ1) is 18.9. The van der Waals surface area contributed by atoms with E-state index in [2.05, 4.69) is 15.3 Å². The van der Waals surface area contributed by atoms with Gasteiger partial charge in [-0.05, 0) is 61.1 Å². The van der Waals surface area contributed by atoms with Crippen molar-refractivity contribution in [2.24, 2.45) is 5.10 Å². The summed E-state index contributed by atoms with van der Waals surface area (Å²) in [7, 11) is 0. The molecule has 0 saturated heterocycles. The number of hydrogen-bond acceptors (Lipinski definition) is 4. The van der Waals surface area contributed by atoms with Crippen molar-refractivity contribution in [3.05, 3.63) is 87.5 Å². The SMILES string of the molecule is CCc1n[nH]c(=S)n1/N=C/c1c(C)c(C(=O)c2ccc(F)cc2)n2ccccc12. The summed E-state index contributed by atoms with van der Waals surface area (Å²) in [6.07, 6.45) is 4.20. The Labute approximate surface area is 171 Å². The fourth-order valence-corrected chi connectivity index (χ4v) is 3.52. The van der Waals surface area contributed by atoms with Crippen molar-refractivity contribution in [3.63, 3.8) is 0 Å². The number of halogens is 1. The minimum Gasteiger partial charge on any atom is -0.313 e. The van der Waals surface area contributed by atoms with E-state index >= 15 is 0 Å². The van der Waals surface area contributed by atoms with Crippen molar-refractivity contribution in [1.82, 2.24) is 19.3 Å². The molecule has 29 heavy (non-hydrogen) atoms. The number of nitrogens with zero attached hydrogens (tertiary/aromatic N) is 4. The number of nitrogens with one attached hydrogen (secondary N) is 1. The second-order valence-corrected chi connectivity index (χ2v) is 6.92. The molecule has 146 valence electrons. The molecule has 0 amide bonds. The van der Waals surface area contributed by atoms with E-state index in [1.54, 1.807) is 10.9 Å². The number of aromatic nitrogens is 4. The van der Waals surface area contributed by atoms with Crippen LogP contribution in [-0.4, -0.2) is 31.3 Å². The Bertz CT molecular complexity index is 1300. The molecule has 0 aliphatic rings. The third-order valence-electron chi connectivity index (χ3n) is 4.79. The van der Waals surface area contributed by atoms with Gasteiger partial charge in [-0.2, -0.15) is 14.9 Å². The van der Waals surface area contributed by atoms with Crippen molar-refractivity contribution in [1.29, 1.82) is 0 Å². The first-order valence-electron chi connectivity index (χ1n) is 9.11. The molecule has 1 aromatic carbocycles. The molecule has 0 fully saturated rings. The number of fused-ring (bicyclic) bond motifs is 1. The van der Waals surface area contributed by atoms with Crippen LogP contribution < -0.4 is 0 Å². The van der Waals surface area contributed by atoms with E-state index in [9.17, 15) is 9.18 Å². The maximum Gasteiger partial charge on any atom is 0.216 e. The van der Waals surface area contributed by atoms with Crippen LogP contribution in [0.5, 0.6) is 0 Å². The lowest BCUT2D eigenvalue weighted by molar-refractivity contribution is 0.103. The highest BCUT2D eigenvalue weighted by molar-refractivity contribution is 7.71. The molecule has 3 aromatic heterocycles. The van der Waals surface area contributed by atoms with Gasteiger partial charge in [-0.25, -0.2) is 4.39 Å². The molecule has 0 bridgehead atoms. The van der Waals surface area contributed by atoms with E-state index in [0.29, 0.717) is 22.4 Å². The van der Waals surface area contributed by atoms with Crippen LogP contribution in [0.15, 0.2) is 53.8 Å².